The van der Waals surface area contributed by atoms with Crippen molar-refractivity contribution in [3.63, 3.8) is 0 Å². The van der Waals surface area contributed by atoms with Gasteiger partial charge in [-0.05, 0) is 25.6 Å². The lowest BCUT2D eigenvalue weighted by Gasteiger charge is -2.16. The van der Waals surface area contributed by atoms with E-state index in [2.05, 4.69) is 5.32 Å². The second kappa shape index (κ2) is 5.75. The summed E-state index contributed by atoms with van der Waals surface area (Å²) >= 11 is 1.49. The Balaban J connectivity index is 2.47. The van der Waals surface area contributed by atoms with Crippen molar-refractivity contribution in [2.24, 2.45) is 0 Å². The highest BCUT2D eigenvalue weighted by molar-refractivity contribution is 7.12. The summed E-state index contributed by atoms with van der Waals surface area (Å²) in [5.41, 5.74) is -0.145. The first-order valence-electron chi connectivity index (χ1n) is 5.97. The maximum Gasteiger partial charge on any atom is 0.134 e. The van der Waals surface area contributed by atoms with Crippen molar-refractivity contribution in [3.05, 3.63) is 57.0 Å². The predicted octanol–water partition coefficient (Wildman–Crippen LogP) is 4.04. The number of nitrogens with one attached hydrogen (secondary N) is 1. The summed E-state index contributed by atoms with van der Waals surface area (Å²) in [6.45, 7) is 2.02. The average Bonchev–Trinajstić information content (AvgIpc) is 2.81. The van der Waals surface area contributed by atoms with Gasteiger partial charge in [-0.25, -0.2) is 13.2 Å². The molecule has 0 saturated heterocycles. The number of aryl methyl sites for hydroxylation is 1. The van der Waals surface area contributed by atoms with Crippen LogP contribution in [0.4, 0.5) is 13.2 Å². The molecule has 2 rings (SSSR count). The summed E-state index contributed by atoms with van der Waals surface area (Å²) in [5.74, 6) is -2.65. The van der Waals surface area contributed by atoms with Gasteiger partial charge in [-0.3, -0.25) is 0 Å². The number of thiophene rings is 1. The molecule has 1 aromatic carbocycles. The Morgan fingerprint density at radius 1 is 1.16 bits per heavy atom. The molecule has 2 aromatic rings. The molecule has 0 amide bonds. The summed E-state index contributed by atoms with van der Waals surface area (Å²) < 4.78 is 40.6. The SMILES string of the molecule is CCc1ccc(C(NC)c2c(F)cc(F)cc2F)s1. The molecule has 0 saturated carbocycles. The lowest BCUT2D eigenvalue weighted by molar-refractivity contribution is 0.502. The molecule has 0 fully saturated rings. The molecule has 1 nitrogen and oxygen atoms in total. The van der Waals surface area contributed by atoms with Crippen LogP contribution in [0.25, 0.3) is 0 Å². The first-order chi connectivity index (χ1) is 9.06. The van der Waals surface area contributed by atoms with Crippen LogP contribution in [0.3, 0.4) is 0 Å². The molecule has 0 bridgehead atoms. The van der Waals surface area contributed by atoms with Crippen LogP contribution in [0.2, 0.25) is 0 Å². The fourth-order valence-electron chi connectivity index (χ4n) is 2.00. The van der Waals surface area contributed by atoms with Crippen molar-refractivity contribution in [3.8, 4) is 0 Å². The summed E-state index contributed by atoms with van der Waals surface area (Å²) in [5, 5.41) is 2.88. The molecule has 5 heteroatoms. The molecular weight excluding hydrogens is 271 g/mol. The van der Waals surface area contributed by atoms with Crippen LogP contribution in [-0.2, 0) is 6.42 Å². The molecule has 0 aliphatic heterocycles. The van der Waals surface area contributed by atoms with Gasteiger partial charge in [0.15, 0.2) is 0 Å². The minimum Gasteiger partial charge on any atom is -0.308 e. The summed E-state index contributed by atoms with van der Waals surface area (Å²) in [7, 11) is 1.62. The van der Waals surface area contributed by atoms with Crippen molar-refractivity contribution in [2.45, 2.75) is 19.4 Å². The first-order valence-corrected chi connectivity index (χ1v) is 6.78. The molecule has 0 aliphatic rings. The summed E-state index contributed by atoms with van der Waals surface area (Å²) in [4.78, 5) is 1.95. The van der Waals surface area contributed by atoms with E-state index in [0.717, 1.165) is 16.2 Å². The van der Waals surface area contributed by atoms with E-state index < -0.39 is 23.5 Å². The molecule has 1 atom stereocenters. The van der Waals surface area contributed by atoms with Gasteiger partial charge in [0.1, 0.15) is 17.5 Å². The van der Waals surface area contributed by atoms with E-state index in [4.69, 9.17) is 0 Å². The molecule has 19 heavy (non-hydrogen) atoms. The van der Waals surface area contributed by atoms with Crippen LogP contribution in [0.1, 0.15) is 28.3 Å². The van der Waals surface area contributed by atoms with Crippen LogP contribution < -0.4 is 5.32 Å². The minimum atomic E-state index is -0.908. The molecule has 0 radical (unpaired) electrons. The lowest BCUT2D eigenvalue weighted by Crippen LogP contribution is -2.19. The van der Waals surface area contributed by atoms with E-state index in [1.54, 1.807) is 7.05 Å². The molecule has 1 heterocycles. The van der Waals surface area contributed by atoms with Crippen molar-refractivity contribution in [1.82, 2.24) is 5.32 Å². The van der Waals surface area contributed by atoms with Crippen molar-refractivity contribution >= 4 is 11.3 Å². The third-order valence-electron chi connectivity index (χ3n) is 2.94. The monoisotopic (exact) mass is 285 g/mol. The predicted molar refractivity (Wildman–Crippen MR) is 70.9 cm³/mol. The summed E-state index contributed by atoms with van der Waals surface area (Å²) in [6, 6.07) is 4.58. The zero-order valence-electron chi connectivity index (χ0n) is 10.6. The topological polar surface area (TPSA) is 12.0 Å². The van der Waals surface area contributed by atoms with Gasteiger partial charge in [-0.1, -0.05) is 6.92 Å². The third kappa shape index (κ3) is 2.82. The van der Waals surface area contributed by atoms with Crippen LogP contribution in [0.5, 0.6) is 0 Å². The van der Waals surface area contributed by atoms with E-state index in [-0.39, 0.29) is 5.56 Å². The van der Waals surface area contributed by atoms with Crippen molar-refractivity contribution in [1.29, 1.82) is 0 Å². The van der Waals surface area contributed by atoms with E-state index in [0.29, 0.717) is 12.1 Å². The van der Waals surface area contributed by atoms with Crippen LogP contribution in [0.15, 0.2) is 24.3 Å². The zero-order chi connectivity index (χ0) is 14.0. The van der Waals surface area contributed by atoms with Gasteiger partial charge in [-0.15, -0.1) is 11.3 Å². The Morgan fingerprint density at radius 3 is 2.26 bits per heavy atom. The van der Waals surface area contributed by atoms with Gasteiger partial charge in [0.25, 0.3) is 0 Å². The number of halogens is 3. The number of hydrogen-bond donors (Lipinski definition) is 1. The molecular formula is C14H14F3NS. The maximum atomic E-state index is 13.8. The van der Waals surface area contributed by atoms with Crippen LogP contribution in [-0.4, -0.2) is 7.05 Å². The minimum absolute atomic E-state index is 0.145. The third-order valence-corrected chi connectivity index (χ3v) is 4.23. The van der Waals surface area contributed by atoms with E-state index in [1.165, 1.54) is 11.3 Å². The highest BCUT2D eigenvalue weighted by Crippen LogP contribution is 2.32. The Labute approximate surface area is 114 Å². The standard InChI is InChI=1S/C14H14F3NS/c1-3-9-4-5-12(19-9)14(18-2)13-10(16)6-8(15)7-11(13)17/h4-7,14,18H,3H2,1-2H3. The molecule has 0 aliphatic carbocycles. The van der Waals surface area contributed by atoms with Crippen molar-refractivity contribution < 1.29 is 13.2 Å². The largest absolute Gasteiger partial charge is 0.308 e. The van der Waals surface area contributed by atoms with Gasteiger partial charge >= 0.3 is 0 Å². The van der Waals surface area contributed by atoms with E-state index in [9.17, 15) is 13.2 Å². The van der Waals surface area contributed by atoms with Gasteiger partial charge in [0.05, 0.1) is 6.04 Å². The first kappa shape index (κ1) is 14.1. The van der Waals surface area contributed by atoms with Gasteiger partial charge in [0, 0.05) is 27.5 Å². The Hall–Kier alpha value is -1.33. The van der Waals surface area contributed by atoms with Gasteiger partial charge in [0.2, 0.25) is 0 Å². The number of benzene rings is 1. The lowest BCUT2D eigenvalue weighted by atomic mass is 10.0. The Bertz CT molecular complexity index is 557. The van der Waals surface area contributed by atoms with Crippen LogP contribution in [0, 0.1) is 17.5 Å². The molecule has 102 valence electrons. The fraction of sp³-hybridized carbons (Fsp3) is 0.286. The quantitative estimate of drug-likeness (QED) is 0.894. The normalized spacial score (nSPS) is 12.7. The second-order valence-corrected chi connectivity index (χ2v) is 5.36. The summed E-state index contributed by atoms with van der Waals surface area (Å²) in [6.07, 6.45) is 0.871. The Kier molecular flexibility index (Phi) is 4.27. The molecule has 1 N–H and O–H groups in total. The fourth-order valence-corrected chi connectivity index (χ4v) is 3.07. The zero-order valence-corrected chi connectivity index (χ0v) is 11.5. The van der Waals surface area contributed by atoms with Gasteiger partial charge < -0.3 is 5.32 Å². The Morgan fingerprint density at radius 2 is 1.79 bits per heavy atom. The number of hydrogen-bond acceptors (Lipinski definition) is 2. The molecule has 0 spiro atoms. The number of rotatable bonds is 4. The van der Waals surface area contributed by atoms with Gasteiger partial charge in [-0.2, -0.15) is 0 Å². The highest BCUT2D eigenvalue weighted by Gasteiger charge is 2.23. The highest BCUT2D eigenvalue weighted by atomic mass is 32.1. The smallest absolute Gasteiger partial charge is 0.134 e. The average molecular weight is 285 g/mol. The molecule has 1 unspecified atom stereocenters. The maximum absolute atomic E-state index is 13.8. The van der Waals surface area contributed by atoms with Crippen molar-refractivity contribution in [2.75, 3.05) is 7.05 Å². The molecule has 1 aromatic heterocycles. The van der Waals surface area contributed by atoms with E-state index in [1.807, 2.05) is 19.1 Å². The van der Waals surface area contributed by atoms with Crippen LogP contribution >= 0.6 is 11.3 Å². The second-order valence-electron chi connectivity index (χ2n) is 4.16. The van der Waals surface area contributed by atoms with E-state index >= 15 is 0 Å².